The van der Waals surface area contributed by atoms with E-state index in [1.807, 2.05) is 38.1 Å². The van der Waals surface area contributed by atoms with Gasteiger partial charge in [-0.3, -0.25) is 0 Å². The molecule has 0 aliphatic rings. The van der Waals surface area contributed by atoms with Crippen LogP contribution in [0, 0.1) is 37.3 Å². The minimum absolute atomic E-state index is 0.0513. The number of aliphatic hydroxyl groups is 1. The Morgan fingerprint density at radius 2 is 1.59 bits per heavy atom. The maximum absolute atomic E-state index is 13.8. The second kappa shape index (κ2) is 9.35. The summed E-state index contributed by atoms with van der Waals surface area (Å²) in [5.41, 5.74) is 5.47. The summed E-state index contributed by atoms with van der Waals surface area (Å²) >= 11 is 3.47. The van der Waals surface area contributed by atoms with Crippen LogP contribution in [0.1, 0.15) is 39.3 Å². The molecule has 1 nitrogen and oxygen atoms in total. The summed E-state index contributed by atoms with van der Waals surface area (Å²) < 4.78 is 28.4. The molecule has 0 radical (unpaired) electrons. The Morgan fingerprint density at radius 1 is 0.897 bits per heavy atom. The van der Waals surface area contributed by atoms with Crippen molar-refractivity contribution in [2.75, 3.05) is 0 Å². The summed E-state index contributed by atoms with van der Waals surface area (Å²) in [5, 5.41) is 9.25. The molecule has 0 heterocycles. The Morgan fingerprint density at radius 3 is 2.21 bits per heavy atom. The first-order valence-electron chi connectivity index (χ1n) is 9.28. The lowest BCUT2D eigenvalue weighted by Gasteiger charge is -2.13. The molecule has 1 N–H and O–H groups in total. The highest BCUT2D eigenvalue weighted by atomic mass is 79.9. The van der Waals surface area contributed by atoms with Gasteiger partial charge in [0.1, 0.15) is 11.6 Å². The summed E-state index contributed by atoms with van der Waals surface area (Å²) in [7, 11) is 0. The van der Waals surface area contributed by atoms with Gasteiger partial charge in [-0.15, -0.1) is 0 Å². The lowest BCUT2D eigenvalue weighted by atomic mass is 9.90. The minimum atomic E-state index is -0.611. The topological polar surface area (TPSA) is 20.2 Å². The first-order valence-corrected chi connectivity index (χ1v) is 10.1. The molecule has 0 aromatic heterocycles. The highest BCUT2D eigenvalue weighted by molar-refractivity contribution is 9.10. The van der Waals surface area contributed by atoms with E-state index in [9.17, 15) is 13.9 Å². The Labute approximate surface area is 178 Å². The smallest absolute Gasteiger partial charge is 0.126 e. The molecule has 3 aromatic carbocycles. The van der Waals surface area contributed by atoms with Crippen molar-refractivity contribution in [2.45, 2.75) is 32.8 Å². The number of hydrogen-bond donors (Lipinski definition) is 1. The number of halogens is 3. The van der Waals surface area contributed by atoms with Crippen LogP contribution < -0.4 is 0 Å². The largest absolute Gasteiger partial charge is 0.392 e. The molecule has 1 atom stereocenters. The van der Waals surface area contributed by atoms with Gasteiger partial charge in [0.05, 0.1) is 6.61 Å². The third kappa shape index (κ3) is 5.53. The maximum atomic E-state index is 13.8. The Hall–Kier alpha value is -2.48. The summed E-state index contributed by atoms with van der Waals surface area (Å²) in [5.74, 6) is 4.73. The van der Waals surface area contributed by atoms with E-state index < -0.39 is 11.6 Å². The molecule has 3 rings (SSSR count). The van der Waals surface area contributed by atoms with Crippen molar-refractivity contribution < 1.29 is 13.9 Å². The molecule has 29 heavy (non-hydrogen) atoms. The van der Waals surface area contributed by atoms with Gasteiger partial charge in [-0.1, -0.05) is 36.1 Å². The van der Waals surface area contributed by atoms with Crippen LogP contribution in [-0.2, 0) is 13.0 Å². The standard InChI is InChI=1S/C25H21BrF2O/c1-16-3-4-18(9-17(16)2)10-21(22-12-23(27)14-24(28)13-22)8-7-20-6-5-19(15-29)11-25(20)26/h3-6,9,11-14,21,29H,10,15H2,1-2H3. The van der Waals surface area contributed by atoms with Crippen molar-refractivity contribution in [1.29, 1.82) is 0 Å². The zero-order valence-corrected chi connectivity index (χ0v) is 17.9. The van der Waals surface area contributed by atoms with Crippen molar-refractivity contribution in [2.24, 2.45) is 0 Å². The fourth-order valence-corrected chi connectivity index (χ4v) is 3.64. The van der Waals surface area contributed by atoms with Gasteiger partial charge < -0.3 is 5.11 Å². The van der Waals surface area contributed by atoms with Gasteiger partial charge in [-0.2, -0.15) is 0 Å². The van der Waals surface area contributed by atoms with Gasteiger partial charge in [0.15, 0.2) is 0 Å². The van der Waals surface area contributed by atoms with Crippen LogP contribution in [0.5, 0.6) is 0 Å². The van der Waals surface area contributed by atoms with Gasteiger partial charge >= 0.3 is 0 Å². The van der Waals surface area contributed by atoms with Crippen LogP contribution >= 0.6 is 15.9 Å². The van der Waals surface area contributed by atoms with Gasteiger partial charge in [-0.25, -0.2) is 8.78 Å². The fraction of sp³-hybridized carbons (Fsp3) is 0.200. The van der Waals surface area contributed by atoms with E-state index in [0.29, 0.717) is 12.0 Å². The number of aryl methyl sites for hydroxylation is 2. The fourth-order valence-electron chi connectivity index (χ4n) is 3.12. The van der Waals surface area contributed by atoms with Gasteiger partial charge in [0, 0.05) is 22.0 Å². The Balaban J connectivity index is 2.00. The second-order valence-electron chi connectivity index (χ2n) is 7.12. The molecule has 0 aliphatic heterocycles. The van der Waals surface area contributed by atoms with Crippen LogP contribution in [0.4, 0.5) is 8.78 Å². The molecule has 0 saturated heterocycles. The van der Waals surface area contributed by atoms with Gasteiger partial charge in [-0.05, 0) is 88.3 Å². The Kier molecular flexibility index (Phi) is 6.84. The van der Waals surface area contributed by atoms with Crippen LogP contribution in [-0.4, -0.2) is 5.11 Å². The molecule has 0 bridgehead atoms. The molecule has 3 aromatic rings. The molecule has 148 valence electrons. The van der Waals surface area contributed by atoms with E-state index in [1.54, 1.807) is 6.07 Å². The normalized spacial score (nSPS) is 11.7. The maximum Gasteiger partial charge on any atom is 0.126 e. The van der Waals surface area contributed by atoms with E-state index in [1.165, 1.54) is 23.3 Å². The molecule has 4 heteroatoms. The third-order valence-corrected chi connectivity index (χ3v) is 5.55. The summed E-state index contributed by atoms with van der Waals surface area (Å²) in [6, 6.07) is 15.1. The van der Waals surface area contributed by atoms with Crippen LogP contribution in [0.15, 0.2) is 59.1 Å². The van der Waals surface area contributed by atoms with Crippen LogP contribution in [0.2, 0.25) is 0 Å². The number of rotatable bonds is 4. The number of hydrogen-bond acceptors (Lipinski definition) is 1. The monoisotopic (exact) mass is 454 g/mol. The zero-order valence-electron chi connectivity index (χ0n) is 16.3. The summed E-state index contributed by atoms with van der Waals surface area (Å²) in [6.45, 7) is 4.04. The van der Waals surface area contributed by atoms with Gasteiger partial charge in [0.2, 0.25) is 0 Å². The van der Waals surface area contributed by atoms with E-state index in [4.69, 9.17) is 0 Å². The molecule has 0 fully saturated rings. The van der Waals surface area contributed by atoms with E-state index in [2.05, 4.69) is 33.8 Å². The van der Waals surface area contributed by atoms with Crippen molar-refractivity contribution in [1.82, 2.24) is 0 Å². The first kappa shape index (κ1) is 21.2. The first-order chi connectivity index (χ1) is 13.9. The van der Waals surface area contributed by atoms with Crippen molar-refractivity contribution in [3.05, 3.63) is 104 Å². The van der Waals surface area contributed by atoms with Crippen LogP contribution in [0.25, 0.3) is 0 Å². The zero-order chi connectivity index (χ0) is 21.0. The second-order valence-corrected chi connectivity index (χ2v) is 7.97. The lowest BCUT2D eigenvalue weighted by molar-refractivity contribution is 0.282. The van der Waals surface area contributed by atoms with Crippen molar-refractivity contribution >= 4 is 15.9 Å². The van der Waals surface area contributed by atoms with Crippen molar-refractivity contribution in [3.8, 4) is 11.8 Å². The molecule has 0 aliphatic carbocycles. The quantitative estimate of drug-likeness (QED) is 0.464. The third-order valence-electron chi connectivity index (χ3n) is 4.90. The molecular formula is C25H21BrF2O. The summed E-state index contributed by atoms with van der Waals surface area (Å²) in [4.78, 5) is 0. The average Bonchev–Trinajstić information content (AvgIpc) is 2.67. The predicted molar refractivity (Wildman–Crippen MR) is 116 cm³/mol. The number of benzene rings is 3. The summed E-state index contributed by atoms with van der Waals surface area (Å²) in [6.07, 6.45) is 0.545. The van der Waals surface area contributed by atoms with Crippen LogP contribution in [0.3, 0.4) is 0 Å². The predicted octanol–water partition coefficient (Wildman–Crippen LogP) is 6.21. The molecule has 0 saturated carbocycles. The van der Waals surface area contributed by atoms with E-state index in [0.717, 1.165) is 27.2 Å². The molecule has 0 spiro atoms. The van der Waals surface area contributed by atoms with E-state index in [-0.39, 0.29) is 12.5 Å². The average molecular weight is 455 g/mol. The van der Waals surface area contributed by atoms with E-state index >= 15 is 0 Å². The number of aliphatic hydroxyl groups excluding tert-OH is 1. The SMILES string of the molecule is Cc1ccc(CC(C#Cc2ccc(CO)cc2Br)c2cc(F)cc(F)c2)cc1C. The lowest BCUT2D eigenvalue weighted by Crippen LogP contribution is -2.03. The Bertz CT molecular complexity index is 1080. The van der Waals surface area contributed by atoms with Crippen molar-refractivity contribution in [3.63, 3.8) is 0 Å². The highest BCUT2D eigenvalue weighted by Gasteiger charge is 2.13. The molecule has 1 unspecified atom stereocenters. The molecule has 0 amide bonds. The highest BCUT2D eigenvalue weighted by Crippen LogP contribution is 2.25. The minimum Gasteiger partial charge on any atom is -0.392 e. The molecular weight excluding hydrogens is 434 g/mol. The van der Waals surface area contributed by atoms with Gasteiger partial charge in [0.25, 0.3) is 0 Å².